The van der Waals surface area contributed by atoms with Gasteiger partial charge in [-0.1, -0.05) is 48.5 Å². The molecule has 0 unspecified atom stereocenters. The minimum atomic E-state index is -1.82. The van der Waals surface area contributed by atoms with Gasteiger partial charge in [-0.3, -0.25) is 9.59 Å². The first kappa shape index (κ1) is 21.3. The number of nitrogens with two attached hydrogens (primary N) is 1. The molecule has 8 nitrogen and oxygen atoms in total. The second kappa shape index (κ2) is 8.32. The summed E-state index contributed by atoms with van der Waals surface area (Å²) in [6.07, 6.45) is 0. The van der Waals surface area contributed by atoms with Gasteiger partial charge in [0.2, 0.25) is 11.8 Å². The van der Waals surface area contributed by atoms with Crippen LogP contribution in [0.3, 0.4) is 0 Å². The van der Waals surface area contributed by atoms with Crippen LogP contribution < -0.4 is 15.8 Å². The van der Waals surface area contributed by atoms with Gasteiger partial charge in [0, 0.05) is 29.5 Å². The van der Waals surface area contributed by atoms with Crippen LogP contribution in [0.1, 0.15) is 22.8 Å². The van der Waals surface area contributed by atoms with E-state index in [2.05, 4.69) is 5.32 Å². The molecular formula is C24H22N2O6. The fraction of sp³-hybridized carbons (Fsp3) is 0.208. The lowest BCUT2D eigenvalue weighted by Gasteiger charge is -2.36. The maximum absolute atomic E-state index is 13.7. The molecule has 0 saturated heterocycles. The van der Waals surface area contributed by atoms with Crippen LogP contribution in [0, 0.1) is 0 Å². The smallest absolute Gasteiger partial charge is 0.341 e. The molecule has 0 aliphatic carbocycles. The van der Waals surface area contributed by atoms with Crippen LogP contribution in [-0.2, 0) is 24.5 Å². The van der Waals surface area contributed by atoms with Crippen LogP contribution in [0.15, 0.2) is 77.3 Å². The van der Waals surface area contributed by atoms with Crippen molar-refractivity contribution in [3.8, 4) is 5.75 Å². The van der Waals surface area contributed by atoms with Gasteiger partial charge in [0.1, 0.15) is 23.3 Å². The second-order valence-electron chi connectivity index (χ2n) is 7.37. The summed E-state index contributed by atoms with van der Waals surface area (Å²) in [7, 11) is 1.47. The molecule has 0 fully saturated rings. The monoisotopic (exact) mass is 434 g/mol. The number of allylic oxidation sites excluding steroid dienone is 1. The number of nitrogens with one attached hydrogen (secondary N) is 1. The van der Waals surface area contributed by atoms with Gasteiger partial charge < -0.3 is 25.3 Å². The Morgan fingerprint density at radius 3 is 2.44 bits per heavy atom. The molecule has 2 aliphatic heterocycles. The SMILES string of the molecule is COCCOC(=O)C1=C(N)Oc2ccccc2[C@@]12C(=O)NC(C)=C2C(=O)c1ccccc1. The average Bonchev–Trinajstić information content (AvgIpc) is 3.04. The third-order valence-corrected chi connectivity index (χ3v) is 5.51. The van der Waals surface area contributed by atoms with E-state index in [9.17, 15) is 14.4 Å². The number of rotatable bonds is 6. The molecule has 0 bridgehead atoms. The number of esters is 1. The van der Waals surface area contributed by atoms with E-state index in [1.165, 1.54) is 7.11 Å². The lowest BCUT2D eigenvalue weighted by molar-refractivity contribution is -0.142. The standard InChI is InChI=1S/C24H22N2O6/c1-14-18(20(27)15-8-4-3-5-9-15)24(23(29)26-14)16-10-6-7-11-17(16)32-21(25)19(24)22(28)31-13-12-30-2/h3-11H,12-13,25H2,1-2H3,(H,26,29)/t24-/m0/s1. The fourth-order valence-corrected chi connectivity index (χ4v) is 4.19. The van der Waals surface area contributed by atoms with Crippen molar-refractivity contribution < 1.29 is 28.6 Å². The molecule has 32 heavy (non-hydrogen) atoms. The number of ether oxygens (including phenoxy) is 3. The Balaban J connectivity index is 1.97. The molecule has 2 aliphatic rings. The largest absolute Gasteiger partial charge is 0.460 e. The molecule has 2 aromatic rings. The topological polar surface area (TPSA) is 117 Å². The quantitative estimate of drug-likeness (QED) is 0.405. The van der Waals surface area contributed by atoms with Crippen LogP contribution in [0.5, 0.6) is 5.75 Å². The van der Waals surface area contributed by atoms with E-state index in [1.807, 2.05) is 0 Å². The highest BCUT2D eigenvalue weighted by molar-refractivity contribution is 6.22. The van der Waals surface area contributed by atoms with Crippen molar-refractivity contribution in [3.05, 3.63) is 88.5 Å². The van der Waals surface area contributed by atoms with Crippen LogP contribution in [-0.4, -0.2) is 38.0 Å². The van der Waals surface area contributed by atoms with Crippen LogP contribution in [0.2, 0.25) is 0 Å². The number of para-hydroxylation sites is 1. The first-order chi connectivity index (χ1) is 15.4. The van der Waals surface area contributed by atoms with Crippen LogP contribution in [0.4, 0.5) is 0 Å². The Morgan fingerprint density at radius 2 is 1.72 bits per heavy atom. The number of hydrogen-bond acceptors (Lipinski definition) is 7. The fourth-order valence-electron chi connectivity index (χ4n) is 4.19. The summed E-state index contributed by atoms with van der Waals surface area (Å²) in [5, 5.41) is 2.73. The van der Waals surface area contributed by atoms with Crippen molar-refractivity contribution in [1.82, 2.24) is 5.32 Å². The molecule has 0 saturated carbocycles. The Bertz CT molecular complexity index is 1170. The summed E-state index contributed by atoms with van der Waals surface area (Å²) >= 11 is 0. The van der Waals surface area contributed by atoms with Gasteiger partial charge >= 0.3 is 5.97 Å². The first-order valence-electron chi connectivity index (χ1n) is 9.99. The Kier molecular flexibility index (Phi) is 5.54. The summed E-state index contributed by atoms with van der Waals surface area (Å²) in [6.45, 7) is 1.71. The highest BCUT2D eigenvalue weighted by atomic mass is 16.6. The second-order valence-corrected chi connectivity index (χ2v) is 7.37. The highest BCUT2D eigenvalue weighted by Crippen LogP contribution is 2.52. The Hall–Kier alpha value is -3.91. The van der Waals surface area contributed by atoms with Crippen LogP contribution >= 0.6 is 0 Å². The minimum Gasteiger partial charge on any atom is -0.460 e. The lowest BCUT2D eigenvalue weighted by Crippen LogP contribution is -2.48. The summed E-state index contributed by atoms with van der Waals surface area (Å²) in [5.74, 6) is -1.87. The normalized spacial score (nSPS) is 19.5. The van der Waals surface area contributed by atoms with E-state index in [0.29, 0.717) is 16.8 Å². The molecule has 1 amide bonds. The van der Waals surface area contributed by atoms with Crippen molar-refractivity contribution in [1.29, 1.82) is 0 Å². The van der Waals surface area contributed by atoms with Crippen molar-refractivity contribution in [2.45, 2.75) is 12.3 Å². The third kappa shape index (κ3) is 3.16. The van der Waals surface area contributed by atoms with Gasteiger partial charge in [-0.15, -0.1) is 0 Å². The zero-order valence-corrected chi connectivity index (χ0v) is 17.6. The number of methoxy groups -OCH3 is 1. The van der Waals surface area contributed by atoms with Gasteiger partial charge in [0.25, 0.3) is 0 Å². The predicted octanol–water partition coefficient (Wildman–Crippen LogP) is 1.96. The van der Waals surface area contributed by atoms with Gasteiger partial charge in [-0.2, -0.15) is 0 Å². The minimum absolute atomic E-state index is 0.0594. The molecule has 2 aromatic carbocycles. The molecule has 4 rings (SSSR count). The molecule has 1 atom stereocenters. The van der Waals surface area contributed by atoms with Crippen molar-refractivity contribution in [2.75, 3.05) is 20.3 Å². The number of benzene rings is 2. The van der Waals surface area contributed by atoms with Crippen molar-refractivity contribution in [2.24, 2.45) is 5.73 Å². The number of fused-ring (bicyclic) bond motifs is 2. The van der Waals surface area contributed by atoms with E-state index >= 15 is 0 Å². The molecule has 0 radical (unpaired) electrons. The summed E-state index contributed by atoms with van der Waals surface area (Å²) in [4.78, 5) is 40.5. The van der Waals surface area contributed by atoms with Crippen molar-refractivity contribution in [3.63, 3.8) is 0 Å². The molecule has 8 heteroatoms. The van der Waals surface area contributed by atoms with E-state index in [4.69, 9.17) is 19.9 Å². The lowest BCUT2D eigenvalue weighted by atomic mass is 9.66. The van der Waals surface area contributed by atoms with E-state index < -0.39 is 23.1 Å². The van der Waals surface area contributed by atoms with E-state index in [1.54, 1.807) is 61.5 Å². The maximum Gasteiger partial charge on any atom is 0.341 e. The Labute approximate surface area is 184 Å². The van der Waals surface area contributed by atoms with Gasteiger partial charge in [0.15, 0.2) is 5.78 Å². The Morgan fingerprint density at radius 1 is 1.03 bits per heavy atom. The number of carbonyl (C=O) groups excluding carboxylic acids is 3. The maximum atomic E-state index is 13.7. The van der Waals surface area contributed by atoms with E-state index in [0.717, 1.165) is 0 Å². The molecule has 0 aromatic heterocycles. The number of ketones is 1. The zero-order chi connectivity index (χ0) is 22.9. The van der Waals surface area contributed by atoms with Gasteiger partial charge in [0.05, 0.1) is 6.61 Å². The molecule has 3 N–H and O–H groups in total. The first-order valence-corrected chi connectivity index (χ1v) is 9.99. The number of Topliss-reactive ketones (excluding diaryl/α,β-unsaturated/α-hetero) is 1. The van der Waals surface area contributed by atoms with Gasteiger partial charge in [-0.25, -0.2) is 4.79 Å². The van der Waals surface area contributed by atoms with Crippen LogP contribution in [0.25, 0.3) is 0 Å². The summed E-state index contributed by atoms with van der Waals surface area (Å²) < 4.78 is 15.9. The highest BCUT2D eigenvalue weighted by Gasteiger charge is 2.61. The predicted molar refractivity (Wildman–Crippen MR) is 114 cm³/mol. The summed E-state index contributed by atoms with van der Waals surface area (Å²) in [5.41, 5.74) is 5.25. The molecule has 2 heterocycles. The molecular weight excluding hydrogens is 412 g/mol. The number of carbonyl (C=O) groups is 3. The summed E-state index contributed by atoms with van der Waals surface area (Å²) in [6, 6.07) is 15.2. The number of amides is 1. The van der Waals surface area contributed by atoms with E-state index in [-0.39, 0.29) is 36.0 Å². The number of hydrogen-bond donors (Lipinski definition) is 2. The van der Waals surface area contributed by atoms with Crippen molar-refractivity contribution >= 4 is 17.7 Å². The third-order valence-electron chi connectivity index (χ3n) is 5.51. The van der Waals surface area contributed by atoms with Gasteiger partial charge in [-0.05, 0) is 13.0 Å². The molecule has 164 valence electrons. The zero-order valence-electron chi connectivity index (χ0n) is 17.6. The molecule has 1 spiro atoms. The average molecular weight is 434 g/mol.